The first kappa shape index (κ1) is 9.98. The van der Waals surface area contributed by atoms with Gasteiger partial charge in [0, 0.05) is 16.8 Å². The molecule has 72 valence electrons. The number of ketones is 1. The van der Waals surface area contributed by atoms with E-state index in [4.69, 9.17) is 16.9 Å². The van der Waals surface area contributed by atoms with Gasteiger partial charge in [0.1, 0.15) is 5.84 Å². The molecule has 0 aromatic heterocycles. The third-order valence-electron chi connectivity index (χ3n) is 1.78. The van der Waals surface area contributed by atoms with Crippen LogP contribution in [0.15, 0.2) is 30.9 Å². The van der Waals surface area contributed by atoms with Gasteiger partial charge in [-0.05, 0) is 24.3 Å². The van der Waals surface area contributed by atoms with Crippen molar-refractivity contribution in [1.82, 2.24) is 0 Å². The fourth-order valence-corrected chi connectivity index (χ4v) is 1.11. The fraction of sp³-hybridized carbons (Fsp3) is 0. The minimum atomic E-state index is -0.289. The van der Waals surface area contributed by atoms with E-state index < -0.39 is 0 Å². The van der Waals surface area contributed by atoms with Gasteiger partial charge >= 0.3 is 0 Å². The summed E-state index contributed by atoms with van der Waals surface area (Å²) < 4.78 is 0. The number of carbonyl (C=O) groups is 1. The van der Waals surface area contributed by atoms with Gasteiger partial charge in [0.05, 0.1) is 0 Å². The number of benzene rings is 1. The van der Waals surface area contributed by atoms with Crippen molar-refractivity contribution in [3.8, 4) is 0 Å². The van der Waals surface area contributed by atoms with Crippen LogP contribution in [0.5, 0.6) is 0 Å². The molecule has 0 aliphatic carbocycles. The van der Waals surface area contributed by atoms with Gasteiger partial charge < -0.3 is 11.5 Å². The maximum Gasteiger partial charge on any atom is 0.186 e. The summed E-state index contributed by atoms with van der Waals surface area (Å²) in [5, 5.41) is 7.27. The summed E-state index contributed by atoms with van der Waals surface area (Å²) in [5.41, 5.74) is 12.0. The van der Waals surface area contributed by atoms with Crippen molar-refractivity contribution in [2.75, 3.05) is 5.73 Å². The van der Waals surface area contributed by atoms with Crippen LogP contribution in [0.3, 0.4) is 0 Å². The SMILES string of the molecule is C=CC(=O)c1cc(N)ccc1C(=N)N. The van der Waals surface area contributed by atoms with Crippen LogP contribution in [-0.2, 0) is 0 Å². The lowest BCUT2D eigenvalue weighted by Gasteiger charge is -2.05. The number of nitrogens with one attached hydrogen (secondary N) is 1. The first-order valence-corrected chi connectivity index (χ1v) is 3.97. The van der Waals surface area contributed by atoms with Crippen molar-refractivity contribution >= 4 is 17.3 Å². The molecule has 0 saturated carbocycles. The van der Waals surface area contributed by atoms with Gasteiger partial charge in [0.15, 0.2) is 5.78 Å². The van der Waals surface area contributed by atoms with Gasteiger partial charge in [-0.25, -0.2) is 0 Å². The Morgan fingerprint density at radius 2 is 2.07 bits per heavy atom. The number of allylic oxidation sites excluding steroid dienone is 1. The summed E-state index contributed by atoms with van der Waals surface area (Å²) in [7, 11) is 0. The quantitative estimate of drug-likeness (QED) is 0.217. The molecule has 0 aliphatic rings. The van der Waals surface area contributed by atoms with Crippen LogP contribution in [0, 0.1) is 5.41 Å². The summed E-state index contributed by atoms with van der Waals surface area (Å²) in [6.45, 7) is 3.37. The maximum absolute atomic E-state index is 11.4. The summed E-state index contributed by atoms with van der Waals surface area (Å²) in [6.07, 6.45) is 1.17. The molecule has 1 aromatic rings. The normalized spacial score (nSPS) is 9.43. The molecule has 0 atom stereocenters. The number of nitrogens with two attached hydrogens (primary N) is 2. The van der Waals surface area contributed by atoms with E-state index in [0.717, 1.165) is 0 Å². The lowest BCUT2D eigenvalue weighted by atomic mass is 10.0. The molecule has 0 aliphatic heterocycles. The molecule has 14 heavy (non-hydrogen) atoms. The molecule has 0 bridgehead atoms. The Labute approximate surface area is 81.7 Å². The number of amidine groups is 1. The number of anilines is 1. The Morgan fingerprint density at radius 3 is 2.57 bits per heavy atom. The summed E-state index contributed by atoms with van der Waals surface area (Å²) in [5.74, 6) is -0.447. The van der Waals surface area contributed by atoms with Crippen LogP contribution in [0.25, 0.3) is 0 Å². The second-order valence-electron chi connectivity index (χ2n) is 2.79. The zero-order chi connectivity index (χ0) is 10.7. The van der Waals surface area contributed by atoms with Crippen molar-refractivity contribution in [1.29, 1.82) is 5.41 Å². The molecule has 5 N–H and O–H groups in total. The molecule has 0 heterocycles. The lowest BCUT2D eigenvalue weighted by Crippen LogP contribution is -2.16. The van der Waals surface area contributed by atoms with Crippen molar-refractivity contribution in [2.45, 2.75) is 0 Å². The average Bonchev–Trinajstić information content (AvgIpc) is 2.16. The van der Waals surface area contributed by atoms with Crippen molar-refractivity contribution < 1.29 is 4.79 Å². The highest BCUT2D eigenvalue weighted by Gasteiger charge is 2.10. The van der Waals surface area contributed by atoms with Crippen molar-refractivity contribution in [3.63, 3.8) is 0 Å². The first-order valence-electron chi connectivity index (χ1n) is 3.97. The fourth-order valence-electron chi connectivity index (χ4n) is 1.11. The van der Waals surface area contributed by atoms with Crippen LogP contribution in [0.4, 0.5) is 5.69 Å². The number of hydrogen-bond acceptors (Lipinski definition) is 3. The maximum atomic E-state index is 11.4. The van der Waals surface area contributed by atoms with Crippen LogP contribution < -0.4 is 11.5 Å². The molecular weight excluding hydrogens is 178 g/mol. The van der Waals surface area contributed by atoms with E-state index >= 15 is 0 Å². The number of nitrogen functional groups attached to an aromatic ring is 2. The van der Waals surface area contributed by atoms with E-state index in [2.05, 4.69) is 6.58 Å². The second-order valence-corrected chi connectivity index (χ2v) is 2.79. The minimum absolute atomic E-state index is 0.157. The van der Waals surface area contributed by atoms with Gasteiger partial charge in [-0.3, -0.25) is 10.2 Å². The van der Waals surface area contributed by atoms with Gasteiger partial charge in [-0.2, -0.15) is 0 Å². The highest BCUT2D eigenvalue weighted by molar-refractivity contribution is 6.13. The Bertz CT molecular complexity index is 410. The molecule has 0 spiro atoms. The highest BCUT2D eigenvalue weighted by Crippen LogP contribution is 2.14. The topological polar surface area (TPSA) is 93.0 Å². The standard InChI is InChI=1S/C10H11N3O/c1-2-9(14)8-5-6(11)3-4-7(8)10(12)13/h2-5H,1,11H2,(H3,12,13). The average molecular weight is 189 g/mol. The molecule has 0 fully saturated rings. The highest BCUT2D eigenvalue weighted by atomic mass is 16.1. The van der Waals surface area contributed by atoms with E-state index in [0.29, 0.717) is 16.8 Å². The lowest BCUT2D eigenvalue weighted by molar-refractivity contribution is 0.104. The monoisotopic (exact) mass is 189 g/mol. The van der Waals surface area contributed by atoms with Gasteiger partial charge in [0.25, 0.3) is 0 Å². The molecule has 1 aromatic carbocycles. The van der Waals surface area contributed by atoms with Crippen LogP contribution in [-0.4, -0.2) is 11.6 Å². The Hall–Kier alpha value is -2.10. The van der Waals surface area contributed by atoms with E-state index in [-0.39, 0.29) is 11.6 Å². The predicted molar refractivity (Wildman–Crippen MR) is 56.4 cm³/mol. The first-order chi connectivity index (χ1) is 6.56. The van der Waals surface area contributed by atoms with E-state index in [1.807, 2.05) is 0 Å². The molecule has 0 saturated heterocycles. The molecule has 4 heteroatoms. The Morgan fingerprint density at radius 1 is 1.43 bits per heavy atom. The third-order valence-corrected chi connectivity index (χ3v) is 1.78. The number of hydrogen-bond donors (Lipinski definition) is 3. The summed E-state index contributed by atoms with van der Waals surface area (Å²) in [6, 6.07) is 4.63. The summed E-state index contributed by atoms with van der Waals surface area (Å²) >= 11 is 0. The molecule has 0 radical (unpaired) electrons. The largest absolute Gasteiger partial charge is 0.399 e. The number of carbonyl (C=O) groups excluding carboxylic acids is 1. The molecule has 0 unspecified atom stereocenters. The molecule has 4 nitrogen and oxygen atoms in total. The predicted octanol–water partition coefficient (Wildman–Crippen LogP) is 0.922. The van der Waals surface area contributed by atoms with Crippen LogP contribution in [0.2, 0.25) is 0 Å². The number of rotatable bonds is 3. The molecular formula is C10H11N3O. The summed E-state index contributed by atoms with van der Waals surface area (Å²) in [4.78, 5) is 11.4. The Balaban J connectivity index is 3.36. The van der Waals surface area contributed by atoms with Gasteiger partial charge in [0.2, 0.25) is 0 Å². The minimum Gasteiger partial charge on any atom is -0.399 e. The van der Waals surface area contributed by atoms with Gasteiger partial charge in [-0.15, -0.1) is 0 Å². The molecule has 0 amide bonds. The Kier molecular flexibility index (Phi) is 2.67. The van der Waals surface area contributed by atoms with E-state index in [9.17, 15) is 4.79 Å². The van der Waals surface area contributed by atoms with Gasteiger partial charge in [-0.1, -0.05) is 6.58 Å². The zero-order valence-electron chi connectivity index (χ0n) is 7.58. The van der Waals surface area contributed by atoms with Crippen LogP contribution >= 0.6 is 0 Å². The van der Waals surface area contributed by atoms with Crippen LogP contribution in [0.1, 0.15) is 15.9 Å². The second kappa shape index (κ2) is 3.74. The van der Waals surface area contributed by atoms with E-state index in [1.165, 1.54) is 12.1 Å². The van der Waals surface area contributed by atoms with E-state index in [1.54, 1.807) is 12.1 Å². The molecule has 1 rings (SSSR count). The third kappa shape index (κ3) is 1.80. The van der Waals surface area contributed by atoms with Crippen molar-refractivity contribution in [3.05, 3.63) is 42.0 Å². The van der Waals surface area contributed by atoms with Crippen molar-refractivity contribution in [2.24, 2.45) is 5.73 Å². The smallest absolute Gasteiger partial charge is 0.186 e. The zero-order valence-corrected chi connectivity index (χ0v) is 7.58.